The van der Waals surface area contributed by atoms with E-state index in [1.165, 1.54) is 12.1 Å². The fourth-order valence-electron chi connectivity index (χ4n) is 2.85. The summed E-state index contributed by atoms with van der Waals surface area (Å²) in [5.41, 5.74) is 0.367. The molecule has 3 rings (SSSR count). The number of aromatic nitrogens is 2. The molecule has 1 aromatic carbocycles. The third kappa shape index (κ3) is 4.30. The van der Waals surface area contributed by atoms with Gasteiger partial charge >= 0.3 is 6.18 Å². The van der Waals surface area contributed by atoms with Crippen molar-refractivity contribution in [3.8, 4) is 0 Å². The van der Waals surface area contributed by atoms with Crippen LogP contribution in [0.3, 0.4) is 0 Å². The molecular weight excluding hydrogens is 353 g/mol. The number of nitrogens with zero attached hydrogens (tertiary/aromatic N) is 2. The predicted molar refractivity (Wildman–Crippen MR) is 94.2 cm³/mol. The zero-order valence-electron chi connectivity index (χ0n) is 13.3. The molecule has 2 atom stereocenters. The number of imidazole rings is 1. The van der Waals surface area contributed by atoms with E-state index < -0.39 is 11.7 Å². The molecule has 0 aliphatic carbocycles. The Bertz CT molecular complexity index is 655. The molecule has 2 unspecified atom stereocenters. The molecule has 2 nitrogen and oxygen atoms in total. The van der Waals surface area contributed by atoms with Gasteiger partial charge in [-0.2, -0.15) is 13.2 Å². The molecule has 7 heteroatoms. The summed E-state index contributed by atoms with van der Waals surface area (Å²) in [5, 5.41) is 0.589. The summed E-state index contributed by atoms with van der Waals surface area (Å²) in [6.07, 6.45) is 2.99. The van der Waals surface area contributed by atoms with Gasteiger partial charge < -0.3 is 4.57 Å². The van der Waals surface area contributed by atoms with Gasteiger partial charge in [0.2, 0.25) is 0 Å². The number of benzene rings is 1. The van der Waals surface area contributed by atoms with E-state index in [0.29, 0.717) is 5.25 Å². The first-order valence-corrected chi connectivity index (χ1v) is 9.66. The fourth-order valence-corrected chi connectivity index (χ4v) is 6.50. The van der Waals surface area contributed by atoms with Crippen LogP contribution in [0.2, 0.25) is 0 Å². The van der Waals surface area contributed by atoms with Crippen LogP contribution in [0.4, 0.5) is 13.2 Å². The molecule has 0 saturated carbocycles. The van der Waals surface area contributed by atoms with Crippen molar-refractivity contribution in [2.24, 2.45) is 0 Å². The van der Waals surface area contributed by atoms with Crippen molar-refractivity contribution in [2.75, 3.05) is 5.75 Å². The van der Waals surface area contributed by atoms with Crippen LogP contribution in [0.25, 0.3) is 0 Å². The lowest BCUT2D eigenvalue weighted by Crippen LogP contribution is -2.25. The molecule has 1 aromatic heterocycles. The minimum atomic E-state index is -4.27. The molecule has 1 fully saturated rings. The standard InChI is InChI=1S/C17H19F3N2S2/c1-13-10-23-16(24-13,11-22-9-8-21-12-22)7-6-14-2-4-15(5-3-14)17(18,19)20/h2-5,8-9,12-13H,6-7,10-11H2,1H3. The lowest BCUT2D eigenvalue weighted by atomic mass is 10.1. The smallest absolute Gasteiger partial charge is 0.335 e. The van der Waals surface area contributed by atoms with Crippen molar-refractivity contribution in [2.45, 2.75) is 41.8 Å². The predicted octanol–water partition coefficient (Wildman–Crippen LogP) is 5.10. The Kier molecular flexibility index (Phi) is 5.20. The van der Waals surface area contributed by atoms with Crippen molar-refractivity contribution in [1.29, 1.82) is 0 Å². The molecule has 1 aliphatic heterocycles. The zero-order valence-corrected chi connectivity index (χ0v) is 14.9. The van der Waals surface area contributed by atoms with E-state index in [1.807, 2.05) is 36.0 Å². The molecule has 24 heavy (non-hydrogen) atoms. The lowest BCUT2D eigenvalue weighted by molar-refractivity contribution is -0.137. The molecule has 0 spiro atoms. The quantitative estimate of drug-likeness (QED) is 0.727. The topological polar surface area (TPSA) is 17.8 Å². The summed E-state index contributed by atoms with van der Waals surface area (Å²) in [6, 6.07) is 5.55. The first-order chi connectivity index (χ1) is 11.4. The summed E-state index contributed by atoms with van der Waals surface area (Å²) >= 11 is 3.93. The second-order valence-electron chi connectivity index (χ2n) is 6.08. The Labute approximate surface area is 148 Å². The Morgan fingerprint density at radius 3 is 2.58 bits per heavy atom. The van der Waals surface area contributed by atoms with Gasteiger partial charge in [0.25, 0.3) is 0 Å². The number of rotatable bonds is 5. The summed E-state index contributed by atoms with van der Waals surface area (Å²) in [7, 11) is 0. The van der Waals surface area contributed by atoms with Crippen LogP contribution in [0.5, 0.6) is 0 Å². The highest BCUT2D eigenvalue weighted by Crippen LogP contribution is 2.51. The number of alkyl halides is 3. The Morgan fingerprint density at radius 2 is 2.04 bits per heavy atom. The maximum Gasteiger partial charge on any atom is 0.416 e. The van der Waals surface area contributed by atoms with Gasteiger partial charge in [-0.05, 0) is 30.5 Å². The van der Waals surface area contributed by atoms with Crippen molar-refractivity contribution >= 4 is 23.5 Å². The van der Waals surface area contributed by atoms with Gasteiger partial charge in [-0.1, -0.05) is 19.1 Å². The second kappa shape index (κ2) is 7.04. The summed E-state index contributed by atoms with van der Waals surface area (Å²) < 4.78 is 40.1. The molecule has 0 amide bonds. The summed E-state index contributed by atoms with van der Waals surface area (Å²) in [4.78, 5) is 4.10. The molecular formula is C17H19F3N2S2. The normalized spacial score (nSPS) is 24.4. The van der Waals surface area contributed by atoms with Gasteiger partial charge in [0.1, 0.15) is 0 Å². The zero-order chi connectivity index (χ0) is 17.2. The number of aryl methyl sites for hydroxylation is 1. The Hall–Kier alpha value is -1.08. The molecule has 0 radical (unpaired) electrons. The molecule has 2 heterocycles. The van der Waals surface area contributed by atoms with Crippen LogP contribution < -0.4 is 0 Å². The van der Waals surface area contributed by atoms with Crippen LogP contribution in [0.1, 0.15) is 24.5 Å². The Morgan fingerprint density at radius 1 is 1.29 bits per heavy atom. The number of halogens is 3. The molecule has 1 saturated heterocycles. The highest BCUT2D eigenvalue weighted by atomic mass is 32.2. The van der Waals surface area contributed by atoms with Gasteiger partial charge in [-0.3, -0.25) is 0 Å². The van der Waals surface area contributed by atoms with Crippen LogP contribution >= 0.6 is 23.5 Å². The van der Waals surface area contributed by atoms with Gasteiger partial charge in [0.05, 0.1) is 16.0 Å². The molecule has 2 aromatic rings. The minimum Gasteiger partial charge on any atom is -0.335 e. The molecule has 130 valence electrons. The molecule has 0 N–H and O–H groups in total. The van der Waals surface area contributed by atoms with Crippen LogP contribution in [-0.4, -0.2) is 24.6 Å². The Balaban J connectivity index is 1.67. The third-order valence-electron chi connectivity index (χ3n) is 4.06. The van der Waals surface area contributed by atoms with Crippen molar-refractivity contribution in [3.63, 3.8) is 0 Å². The molecule has 1 aliphatic rings. The monoisotopic (exact) mass is 372 g/mol. The van der Waals surface area contributed by atoms with E-state index in [0.717, 1.165) is 30.7 Å². The SMILES string of the molecule is CC1CSC(CCc2ccc(C(F)(F)F)cc2)(Cn2ccnc2)S1. The van der Waals surface area contributed by atoms with Gasteiger partial charge in [-0.15, -0.1) is 23.5 Å². The van der Waals surface area contributed by atoms with Crippen molar-refractivity contribution in [1.82, 2.24) is 9.55 Å². The highest BCUT2D eigenvalue weighted by Gasteiger charge is 2.39. The first kappa shape index (κ1) is 17.7. The summed E-state index contributed by atoms with van der Waals surface area (Å²) in [6.45, 7) is 3.10. The van der Waals surface area contributed by atoms with Gasteiger partial charge in [-0.25, -0.2) is 4.98 Å². The molecule has 0 bridgehead atoms. The highest BCUT2D eigenvalue weighted by molar-refractivity contribution is 8.21. The van der Waals surface area contributed by atoms with Gasteiger partial charge in [0, 0.05) is 29.9 Å². The average molecular weight is 372 g/mol. The van der Waals surface area contributed by atoms with E-state index in [-0.39, 0.29) is 4.08 Å². The second-order valence-corrected chi connectivity index (χ2v) is 9.56. The number of thioether (sulfide) groups is 2. The van der Waals surface area contributed by atoms with E-state index >= 15 is 0 Å². The lowest BCUT2D eigenvalue weighted by Gasteiger charge is -2.28. The van der Waals surface area contributed by atoms with E-state index in [4.69, 9.17) is 0 Å². The maximum atomic E-state index is 12.7. The number of hydrogen-bond acceptors (Lipinski definition) is 3. The third-order valence-corrected chi connectivity index (χ3v) is 7.77. The summed E-state index contributed by atoms with van der Waals surface area (Å²) in [5.74, 6) is 1.10. The van der Waals surface area contributed by atoms with E-state index in [2.05, 4.69) is 16.5 Å². The van der Waals surface area contributed by atoms with Crippen molar-refractivity contribution in [3.05, 3.63) is 54.1 Å². The van der Waals surface area contributed by atoms with Crippen LogP contribution in [0.15, 0.2) is 43.0 Å². The van der Waals surface area contributed by atoms with Crippen LogP contribution in [0, 0.1) is 0 Å². The number of hydrogen-bond donors (Lipinski definition) is 0. The van der Waals surface area contributed by atoms with E-state index in [1.54, 1.807) is 18.3 Å². The largest absolute Gasteiger partial charge is 0.416 e. The van der Waals surface area contributed by atoms with Gasteiger partial charge in [0.15, 0.2) is 0 Å². The maximum absolute atomic E-state index is 12.7. The van der Waals surface area contributed by atoms with Crippen molar-refractivity contribution < 1.29 is 13.2 Å². The minimum absolute atomic E-state index is 0.0583. The van der Waals surface area contributed by atoms with E-state index in [9.17, 15) is 13.2 Å². The average Bonchev–Trinajstić information content (AvgIpc) is 3.16. The first-order valence-electron chi connectivity index (χ1n) is 7.80. The van der Waals surface area contributed by atoms with Crippen LogP contribution in [-0.2, 0) is 19.1 Å². The fraction of sp³-hybridized carbons (Fsp3) is 0.471.